The molecule has 0 atom stereocenters. The lowest BCUT2D eigenvalue weighted by atomic mass is 10.1. The highest BCUT2D eigenvalue weighted by Crippen LogP contribution is 2.16. The molecule has 2 rings (SSSR count). The third-order valence-electron chi connectivity index (χ3n) is 3.97. The first-order chi connectivity index (χ1) is 12.2. The minimum atomic E-state index is 0.587. The van der Waals surface area contributed by atoms with Gasteiger partial charge in [0.25, 0.3) is 0 Å². The molecule has 2 heterocycles. The van der Waals surface area contributed by atoms with Crippen LogP contribution >= 0.6 is 0 Å². The number of hydrogen-bond donors (Lipinski definition) is 2. The summed E-state index contributed by atoms with van der Waals surface area (Å²) in [7, 11) is 0. The second-order valence-corrected chi connectivity index (χ2v) is 5.99. The maximum absolute atomic E-state index is 5.41. The molecule has 0 bridgehead atoms. The van der Waals surface area contributed by atoms with Crippen molar-refractivity contribution in [1.82, 2.24) is 25.6 Å². The molecule has 138 valence electrons. The quantitative estimate of drug-likeness (QED) is 0.414. The molecule has 25 heavy (non-hydrogen) atoms. The minimum Gasteiger partial charge on any atom is -0.361 e. The van der Waals surface area contributed by atoms with Crippen LogP contribution in [0.4, 0.5) is 0 Å². The van der Waals surface area contributed by atoms with Gasteiger partial charge < -0.3 is 15.2 Å². The zero-order valence-electron chi connectivity index (χ0n) is 15.8. The van der Waals surface area contributed by atoms with Crippen LogP contribution in [-0.4, -0.2) is 34.0 Å². The van der Waals surface area contributed by atoms with Gasteiger partial charge in [0.15, 0.2) is 5.96 Å². The Kier molecular flexibility index (Phi) is 7.50. The Morgan fingerprint density at radius 3 is 2.72 bits per heavy atom. The van der Waals surface area contributed by atoms with Gasteiger partial charge >= 0.3 is 0 Å². The Morgan fingerprint density at radius 1 is 1.24 bits per heavy atom. The highest BCUT2D eigenvalue weighted by Gasteiger charge is 2.12. The molecule has 0 saturated carbocycles. The molecule has 0 spiro atoms. The molecule has 0 aliphatic heterocycles. The van der Waals surface area contributed by atoms with Crippen molar-refractivity contribution in [2.45, 2.75) is 60.0 Å². The highest BCUT2D eigenvalue weighted by molar-refractivity contribution is 5.79. The van der Waals surface area contributed by atoms with Gasteiger partial charge in [-0.25, -0.2) is 4.99 Å². The van der Waals surface area contributed by atoms with Crippen molar-refractivity contribution in [3.63, 3.8) is 0 Å². The molecular weight excluding hydrogens is 316 g/mol. The summed E-state index contributed by atoms with van der Waals surface area (Å²) in [5.41, 5.74) is 3.31. The molecule has 7 nitrogen and oxygen atoms in total. The summed E-state index contributed by atoms with van der Waals surface area (Å²) >= 11 is 0. The Labute approximate surface area is 149 Å². The number of hydrogen-bond acceptors (Lipinski definition) is 4. The first-order valence-corrected chi connectivity index (χ1v) is 9.15. The van der Waals surface area contributed by atoms with Gasteiger partial charge in [-0.2, -0.15) is 5.10 Å². The van der Waals surface area contributed by atoms with E-state index in [-0.39, 0.29) is 0 Å². The van der Waals surface area contributed by atoms with Crippen LogP contribution in [0.5, 0.6) is 0 Å². The van der Waals surface area contributed by atoms with Crippen LogP contribution in [0.15, 0.2) is 21.9 Å². The van der Waals surface area contributed by atoms with Crippen LogP contribution < -0.4 is 10.6 Å². The van der Waals surface area contributed by atoms with Crippen molar-refractivity contribution in [2.75, 3.05) is 13.1 Å². The highest BCUT2D eigenvalue weighted by atomic mass is 16.5. The maximum Gasteiger partial charge on any atom is 0.191 e. The molecule has 2 aromatic heterocycles. The third-order valence-corrected chi connectivity index (χ3v) is 3.97. The van der Waals surface area contributed by atoms with Crippen molar-refractivity contribution >= 4 is 5.96 Å². The number of nitrogens with one attached hydrogen (secondary N) is 2. The third kappa shape index (κ3) is 5.62. The van der Waals surface area contributed by atoms with Gasteiger partial charge in [-0.3, -0.25) is 4.68 Å². The SMILES string of the molecule is CCNC(=NCc1c(CC)noc1CC)NCCCn1cc(C)cn1. The Morgan fingerprint density at radius 2 is 2.08 bits per heavy atom. The van der Waals surface area contributed by atoms with E-state index in [1.807, 2.05) is 10.9 Å². The fraction of sp³-hybridized carbons (Fsp3) is 0.611. The topological polar surface area (TPSA) is 80.3 Å². The number of aliphatic imine (C=N–C) groups is 1. The fourth-order valence-electron chi connectivity index (χ4n) is 2.65. The number of nitrogens with zero attached hydrogens (tertiary/aromatic N) is 4. The van der Waals surface area contributed by atoms with E-state index in [1.54, 1.807) is 0 Å². The molecule has 2 aromatic rings. The van der Waals surface area contributed by atoms with Crippen molar-refractivity contribution in [2.24, 2.45) is 4.99 Å². The number of aryl methyl sites for hydroxylation is 4. The average molecular weight is 346 g/mol. The summed E-state index contributed by atoms with van der Waals surface area (Å²) in [6.07, 6.45) is 6.63. The van der Waals surface area contributed by atoms with Crippen LogP contribution in [0.1, 0.15) is 49.8 Å². The van der Waals surface area contributed by atoms with Gasteiger partial charge in [0.05, 0.1) is 18.4 Å². The smallest absolute Gasteiger partial charge is 0.191 e. The number of aromatic nitrogens is 3. The average Bonchev–Trinajstić information content (AvgIpc) is 3.21. The van der Waals surface area contributed by atoms with Gasteiger partial charge in [-0.1, -0.05) is 19.0 Å². The molecule has 7 heteroatoms. The summed E-state index contributed by atoms with van der Waals surface area (Å²) in [5, 5.41) is 15.1. The monoisotopic (exact) mass is 346 g/mol. The molecule has 0 aliphatic rings. The Balaban J connectivity index is 1.88. The predicted molar refractivity (Wildman–Crippen MR) is 99.7 cm³/mol. The van der Waals surface area contributed by atoms with Gasteiger partial charge in [0.1, 0.15) is 5.76 Å². The van der Waals surface area contributed by atoms with Crippen LogP contribution in [-0.2, 0) is 25.9 Å². The number of guanidine groups is 1. The second-order valence-electron chi connectivity index (χ2n) is 5.99. The summed E-state index contributed by atoms with van der Waals surface area (Å²) in [6.45, 7) is 11.4. The van der Waals surface area contributed by atoms with Gasteiger partial charge in [-0.15, -0.1) is 0 Å². The van der Waals surface area contributed by atoms with Gasteiger partial charge in [-0.05, 0) is 32.3 Å². The summed E-state index contributed by atoms with van der Waals surface area (Å²) in [5.74, 6) is 1.76. The van der Waals surface area contributed by atoms with Crippen molar-refractivity contribution in [3.8, 4) is 0 Å². The van der Waals surface area contributed by atoms with E-state index >= 15 is 0 Å². The lowest BCUT2D eigenvalue weighted by molar-refractivity contribution is 0.380. The summed E-state index contributed by atoms with van der Waals surface area (Å²) < 4.78 is 7.38. The van der Waals surface area contributed by atoms with Gasteiger partial charge in [0, 0.05) is 37.8 Å². The van der Waals surface area contributed by atoms with Crippen LogP contribution in [0.25, 0.3) is 0 Å². The second kappa shape index (κ2) is 9.86. The molecule has 2 N–H and O–H groups in total. The fourth-order valence-corrected chi connectivity index (χ4v) is 2.65. The van der Waals surface area contributed by atoms with E-state index < -0.39 is 0 Å². The van der Waals surface area contributed by atoms with Crippen molar-refractivity contribution < 1.29 is 4.52 Å². The van der Waals surface area contributed by atoms with Crippen LogP contribution in [0, 0.1) is 6.92 Å². The maximum atomic E-state index is 5.41. The van der Waals surface area contributed by atoms with E-state index in [0.717, 1.165) is 61.9 Å². The molecule has 0 fully saturated rings. The largest absolute Gasteiger partial charge is 0.361 e. The van der Waals surface area contributed by atoms with E-state index in [9.17, 15) is 0 Å². The standard InChI is InChI=1S/C18H30N6O/c1-5-16-15(17(6-2)25-23-16)12-21-18(19-7-3)20-9-8-10-24-13-14(4)11-22-24/h11,13H,5-10,12H2,1-4H3,(H2,19,20,21). The lowest BCUT2D eigenvalue weighted by Gasteiger charge is -2.11. The minimum absolute atomic E-state index is 0.587. The van der Waals surface area contributed by atoms with Crippen LogP contribution in [0.2, 0.25) is 0 Å². The predicted octanol–water partition coefficient (Wildman–Crippen LogP) is 2.45. The van der Waals surface area contributed by atoms with Gasteiger partial charge in [0.2, 0.25) is 0 Å². The van der Waals surface area contributed by atoms with Crippen LogP contribution in [0.3, 0.4) is 0 Å². The Hall–Kier alpha value is -2.31. The van der Waals surface area contributed by atoms with Crippen molar-refractivity contribution in [1.29, 1.82) is 0 Å². The number of rotatable bonds is 9. The molecule has 0 unspecified atom stereocenters. The molecular formula is C18H30N6O. The summed E-state index contributed by atoms with van der Waals surface area (Å²) in [6, 6.07) is 0. The molecule has 0 radical (unpaired) electrons. The Bertz CT molecular complexity index is 651. The zero-order chi connectivity index (χ0) is 18.1. The normalized spacial score (nSPS) is 11.8. The van der Waals surface area contributed by atoms with E-state index in [4.69, 9.17) is 9.52 Å². The van der Waals surface area contributed by atoms with E-state index in [1.165, 1.54) is 5.56 Å². The molecule has 0 aliphatic carbocycles. The first-order valence-electron chi connectivity index (χ1n) is 9.15. The molecule has 0 amide bonds. The van der Waals surface area contributed by atoms with E-state index in [0.29, 0.717) is 6.54 Å². The lowest BCUT2D eigenvalue weighted by Crippen LogP contribution is -2.38. The molecule has 0 saturated heterocycles. The van der Waals surface area contributed by atoms with Crippen molar-refractivity contribution in [3.05, 3.63) is 35.0 Å². The summed E-state index contributed by atoms with van der Waals surface area (Å²) in [4.78, 5) is 4.69. The van der Waals surface area contributed by atoms with E-state index in [2.05, 4.69) is 54.8 Å². The first kappa shape index (κ1) is 19.0. The molecule has 0 aromatic carbocycles. The zero-order valence-corrected chi connectivity index (χ0v) is 15.8.